The zero-order valence-electron chi connectivity index (χ0n) is 7.87. The highest BCUT2D eigenvalue weighted by Gasteiger charge is 2.03. The molecule has 0 spiro atoms. The molecule has 5 heteroatoms. The Balaban J connectivity index is 2.64. The van der Waals surface area contributed by atoms with Crippen molar-refractivity contribution in [2.45, 2.75) is 6.42 Å². The van der Waals surface area contributed by atoms with Crippen LogP contribution in [0.25, 0.3) is 0 Å². The van der Waals surface area contributed by atoms with Gasteiger partial charge in [-0.25, -0.2) is 4.79 Å². The highest BCUT2D eigenvalue weighted by molar-refractivity contribution is 9.09. The molecular weight excluding hydrogens is 262 g/mol. The Morgan fingerprint density at radius 3 is 2.33 bits per heavy atom. The van der Waals surface area contributed by atoms with E-state index in [-0.39, 0.29) is 11.5 Å². The van der Waals surface area contributed by atoms with E-state index < -0.39 is 5.97 Å². The molecule has 0 aliphatic heterocycles. The van der Waals surface area contributed by atoms with Gasteiger partial charge in [-0.05, 0) is 24.3 Å². The molecule has 0 aromatic heterocycles. The van der Waals surface area contributed by atoms with E-state index in [1.165, 1.54) is 12.1 Å². The number of aromatic carboxylic acids is 1. The molecular formula is C10H10BrNO3. The van der Waals surface area contributed by atoms with Gasteiger partial charge in [0, 0.05) is 17.4 Å². The summed E-state index contributed by atoms with van der Waals surface area (Å²) in [6, 6.07) is 6.03. The molecule has 0 bridgehead atoms. The maximum Gasteiger partial charge on any atom is 0.335 e. The fraction of sp³-hybridized carbons (Fsp3) is 0.200. The van der Waals surface area contributed by atoms with Gasteiger partial charge in [0.1, 0.15) is 0 Å². The van der Waals surface area contributed by atoms with Gasteiger partial charge in [0.15, 0.2) is 0 Å². The van der Waals surface area contributed by atoms with Crippen molar-refractivity contribution in [1.29, 1.82) is 0 Å². The van der Waals surface area contributed by atoms with Crippen molar-refractivity contribution in [1.82, 2.24) is 0 Å². The minimum Gasteiger partial charge on any atom is -0.478 e. The smallest absolute Gasteiger partial charge is 0.335 e. The van der Waals surface area contributed by atoms with Crippen molar-refractivity contribution in [3.63, 3.8) is 0 Å². The normalized spacial score (nSPS) is 9.67. The largest absolute Gasteiger partial charge is 0.478 e. The first kappa shape index (κ1) is 11.7. The molecule has 1 aromatic rings. The molecule has 15 heavy (non-hydrogen) atoms. The number of amides is 1. The molecule has 0 unspecified atom stereocenters. The molecule has 0 aliphatic rings. The van der Waals surface area contributed by atoms with E-state index in [9.17, 15) is 9.59 Å². The number of nitrogens with one attached hydrogen (secondary N) is 1. The quantitative estimate of drug-likeness (QED) is 0.825. The topological polar surface area (TPSA) is 66.4 Å². The minimum atomic E-state index is -0.978. The van der Waals surface area contributed by atoms with Crippen LogP contribution in [0.15, 0.2) is 24.3 Å². The summed E-state index contributed by atoms with van der Waals surface area (Å²) < 4.78 is 0. The molecule has 0 aliphatic carbocycles. The van der Waals surface area contributed by atoms with Crippen molar-refractivity contribution in [3.8, 4) is 0 Å². The van der Waals surface area contributed by atoms with E-state index >= 15 is 0 Å². The van der Waals surface area contributed by atoms with Crippen molar-refractivity contribution >= 4 is 33.5 Å². The number of hydrogen-bond acceptors (Lipinski definition) is 2. The monoisotopic (exact) mass is 271 g/mol. The lowest BCUT2D eigenvalue weighted by molar-refractivity contribution is -0.115. The Labute approximate surface area is 95.4 Å². The summed E-state index contributed by atoms with van der Waals surface area (Å²) in [5, 5.41) is 11.9. The molecule has 80 valence electrons. The van der Waals surface area contributed by atoms with E-state index in [0.717, 1.165) is 0 Å². The van der Waals surface area contributed by atoms with Gasteiger partial charge in [0.25, 0.3) is 0 Å². The first-order valence-corrected chi connectivity index (χ1v) is 5.45. The summed E-state index contributed by atoms with van der Waals surface area (Å²) >= 11 is 3.16. The Morgan fingerprint density at radius 2 is 1.87 bits per heavy atom. The highest BCUT2D eigenvalue weighted by atomic mass is 79.9. The van der Waals surface area contributed by atoms with Gasteiger partial charge in [-0.3, -0.25) is 4.79 Å². The third kappa shape index (κ3) is 3.71. The number of carboxylic acid groups (broad SMARTS) is 1. The van der Waals surface area contributed by atoms with Crippen LogP contribution in [0.5, 0.6) is 0 Å². The van der Waals surface area contributed by atoms with Gasteiger partial charge in [-0.2, -0.15) is 0 Å². The van der Waals surface area contributed by atoms with Gasteiger partial charge >= 0.3 is 5.97 Å². The lowest BCUT2D eigenvalue weighted by Gasteiger charge is -2.03. The zero-order valence-corrected chi connectivity index (χ0v) is 9.45. The van der Waals surface area contributed by atoms with E-state index in [2.05, 4.69) is 21.2 Å². The zero-order chi connectivity index (χ0) is 11.3. The molecule has 4 nitrogen and oxygen atoms in total. The van der Waals surface area contributed by atoms with Crippen LogP contribution in [0.2, 0.25) is 0 Å². The average Bonchev–Trinajstić information content (AvgIpc) is 2.18. The van der Waals surface area contributed by atoms with E-state index in [1.54, 1.807) is 12.1 Å². The maximum absolute atomic E-state index is 11.2. The first-order chi connectivity index (χ1) is 7.13. The molecule has 1 amide bonds. The van der Waals surface area contributed by atoms with Crippen molar-refractivity contribution < 1.29 is 14.7 Å². The number of alkyl halides is 1. The van der Waals surface area contributed by atoms with Crippen LogP contribution in [-0.4, -0.2) is 22.3 Å². The summed E-state index contributed by atoms with van der Waals surface area (Å²) in [5.74, 6) is -1.08. The number of rotatable bonds is 4. The number of halogens is 1. The van der Waals surface area contributed by atoms with Crippen LogP contribution in [0.3, 0.4) is 0 Å². The molecule has 0 atom stereocenters. The fourth-order valence-electron chi connectivity index (χ4n) is 1.01. The third-order valence-electron chi connectivity index (χ3n) is 1.74. The molecule has 0 fully saturated rings. The van der Waals surface area contributed by atoms with Gasteiger partial charge in [-0.1, -0.05) is 15.9 Å². The molecule has 0 radical (unpaired) electrons. The minimum absolute atomic E-state index is 0.102. The highest BCUT2D eigenvalue weighted by Crippen LogP contribution is 2.09. The average molecular weight is 272 g/mol. The van der Waals surface area contributed by atoms with Crippen LogP contribution < -0.4 is 5.32 Å². The van der Waals surface area contributed by atoms with Crippen LogP contribution in [0.1, 0.15) is 16.8 Å². The number of hydrogen-bond donors (Lipinski definition) is 2. The van der Waals surface area contributed by atoms with Crippen molar-refractivity contribution in [2.24, 2.45) is 0 Å². The second-order valence-corrected chi connectivity index (χ2v) is 3.66. The summed E-state index contributed by atoms with van der Waals surface area (Å²) in [4.78, 5) is 21.7. The second-order valence-electron chi connectivity index (χ2n) is 2.87. The summed E-state index contributed by atoms with van der Waals surface area (Å²) in [6.45, 7) is 0. The number of carbonyl (C=O) groups is 2. The SMILES string of the molecule is O=C(CCBr)Nc1ccc(C(=O)O)cc1. The van der Waals surface area contributed by atoms with Gasteiger partial charge in [-0.15, -0.1) is 0 Å². The van der Waals surface area contributed by atoms with Crippen molar-refractivity contribution in [3.05, 3.63) is 29.8 Å². The summed E-state index contributed by atoms with van der Waals surface area (Å²) in [5.41, 5.74) is 0.805. The second kappa shape index (κ2) is 5.50. The van der Waals surface area contributed by atoms with E-state index in [1.807, 2.05) is 0 Å². The van der Waals surface area contributed by atoms with E-state index in [4.69, 9.17) is 5.11 Å². The Hall–Kier alpha value is -1.36. The van der Waals surface area contributed by atoms with Gasteiger partial charge in [0.05, 0.1) is 5.56 Å². The molecule has 1 aromatic carbocycles. The number of carboxylic acids is 1. The van der Waals surface area contributed by atoms with E-state index in [0.29, 0.717) is 17.4 Å². The van der Waals surface area contributed by atoms with Crippen LogP contribution >= 0.6 is 15.9 Å². The predicted molar refractivity (Wildman–Crippen MR) is 60.4 cm³/mol. The fourth-order valence-corrected chi connectivity index (χ4v) is 1.37. The number of benzene rings is 1. The summed E-state index contributed by atoms with van der Waals surface area (Å²) in [6.07, 6.45) is 0.390. The molecule has 2 N–H and O–H groups in total. The predicted octanol–water partition coefficient (Wildman–Crippen LogP) is 2.11. The summed E-state index contributed by atoms with van der Waals surface area (Å²) in [7, 11) is 0. The third-order valence-corrected chi connectivity index (χ3v) is 2.13. The Morgan fingerprint density at radius 1 is 1.27 bits per heavy atom. The lowest BCUT2D eigenvalue weighted by atomic mass is 10.2. The first-order valence-electron chi connectivity index (χ1n) is 4.32. The molecule has 1 rings (SSSR count). The lowest BCUT2D eigenvalue weighted by Crippen LogP contribution is -2.11. The Kier molecular flexibility index (Phi) is 4.30. The standard InChI is InChI=1S/C10H10BrNO3/c11-6-5-9(13)12-8-3-1-7(2-4-8)10(14)15/h1-4H,5-6H2,(H,12,13)(H,14,15). The van der Waals surface area contributed by atoms with Gasteiger partial charge < -0.3 is 10.4 Å². The Bertz CT molecular complexity index is 361. The van der Waals surface area contributed by atoms with Crippen LogP contribution in [-0.2, 0) is 4.79 Å². The van der Waals surface area contributed by atoms with Crippen LogP contribution in [0.4, 0.5) is 5.69 Å². The number of anilines is 1. The van der Waals surface area contributed by atoms with Gasteiger partial charge in [0.2, 0.25) is 5.91 Å². The maximum atomic E-state index is 11.2. The molecule has 0 saturated heterocycles. The molecule has 0 saturated carbocycles. The van der Waals surface area contributed by atoms with Crippen molar-refractivity contribution in [2.75, 3.05) is 10.6 Å². The number of carbonyl (C=O) groups excluding carboxylic acids is 1. The van der Waals surface area contributed by atoms with Crippen LogP contribution in [0, 0.1) is 0 Å². The molecule has 0 heterocycles.